The van der Waals surface area contributed by atoms with Gasteiger partial charge in [0.25, 0.3) is 10.0 Å². The molecule has 6 aromatic carbocycles. The maximum atomic E-state index is 12.6. The zero-order chi connectivity index (χ0) is 70.2. The summed E-state index contributed by atoms with van der Waals surface area (Å²) in [6.45, 7) is 15.2. The quantitative estimate of drug-likeness (QED) is 0.0695. The number of carbonyl (C=O) groups is 3. The van der Waals surface area contributed by atoms with E-state index < -0.39 is 40.1 Å². The standard InChI is InChI=1S/C27H34Cl2N2O3.C24H29Cl2N3O4S.C24H28Cl2N2O3.3H2/c1-19-25(8-7-23(28)26(19)29)34-22-11-13-30(14-12-22)18-21-9-15-31(16-10-21)24(27(32)33)17-20-5-3-2-4-6-20;1-17-2-5-21(6-3-17)34(31,32)27-24(30)29-12-8-18(9-13-29)28-14-10-19(11-15-28)33-20-4-7-22(25)23(26)16-20;25-21-7-6-20(16-22(21)26)31-19-10-14-27(15-11-19)18-8-12-28(13-9-18)23(24(29)30)17-4-2-1-3-5-17;;;/h2-8,21-22,24H,9-18H2,1H3,(H,32,33);2-7,16,18-19H,8-15H2,1H3,(H,27,30);1-7,16,18-19,23H,8-15H2,(H,29,30);3*1H/t24-;;;;;/m0...../s1. The molecule has 6 aliphatic rings. The molecule has 99 heavy (non-hydrogen) atoms. The molecule has 6 saturated heterocycles. The summed E-state index contributed by atoms with van der Waals surface area (Å²) in [6.07, 6.45) is 12.6. The molecule has 6 aliphatic heterocycles. The molecule has 12 rings (SSSR count). The molecule has 3 N–H and O–H groups in total. The molecule has 0 radical (unpaired) electrons. The summed E-state index contributed by atoms with van der Waals surface area (Å²) in [5.41, 5.74) is 3.79. The number of carboxylic acids is 2. The SMILES string of the molecule is Cc1c(OC2CCN(CC3CCN([C@@H](Cc4ccccc4)C(=O)O)CC3)CC2)ccc(Cl)c1Cl.Cc1ccc(S(=O)(=O)NC(=O)N2CCC(N3CCC(Oc4ccc(Cl)c(Cl)c4)CC3)CC2)cc1.O=C(O)C(c1ccccc1)N1CCC(N2CCC(Oc3ccc(Cl)c(Cl)c3)CC2)CC1.[HH].[HH].[HH]. The van der Waals surface area contributed by atoms with Gasteiger partial charge in [-0.1, -0.05) is 148 Å². The summed E-state index contributed by atoms with van der Waals surface area (Å²) < 4.78 is 45.7. The van der Waals surface area contributed by atoms with Crippen molar-refractivity contribution in [1.29, 1.82) is 0 Å². The minimum Gasteiger partial charge on any atom is -0.490 e. The lowest BCUT2D eigenvalue weighted by molar-refractivity contribution is -0.145. The topological polar surface area (TPSA) is 185 Å². The van der Waals surface area contributed by atoms with Gasteiger partial charge in [-0.15, -0.1) is 0 Å². The number of hydrogen-bond acceptors (Lipinski definition) is 13. The highest BCUT2D eigenvalue weighted by Gasteiger charge is 2.37. The second-order valence-electron chi connectivity index (χ2n) is 26.8. The van der Waals surface area contributed by atoms with Gasteiger partial charge in [0.2, 0.25) is 0 Å². The first-order chi connectivity index (χ1) is 47.6. The summed E-state index contributed by atoms with van der Waals surface area (Å²) in [5, 5.41) is 22.8. The van der Waals surface area contributed by atoms with Gasteiger partial charge in [-0.3, -0.25) is 24.3 Å². The number of piperidine rings is 6. The van der Waals surface area contributed by atoms with Crippen LogP contribution >= 0.6 is 69.6 Å². The van der Waals surface area contributed by atoms with Gasteiger partial charge in [0.05, 0.1) is 35.0 Å². The van der Waals surface area contributed by atoms with Crippen LogP contribution in [0.1, 0.15) is 110 Å². The first-order valence-corrected chi connectivity index (χ1v) is 38.3. The number of sulfonamides is 1. The molecular weight excluding hydrogens is 1400 g/mol. The summed E-state index contributed by atoms with van der Waals surface area (Å²) >= 11 is 36.5. The number of aliphatic carboxylic acids is 2. The highest BCUT2D eigenvalue weighted by molar-refractivity contribution is 7.90. The van der Waals surface area contributed by atoms with Gasteiger partial charge in [-0.05, 0) is 176 Å². The van der Waals surface area contributed by atoms with E-state index in [9.17, 15) is 33.0 Å². The number of likely N-dealkylation sites (tertiary alicyclic amines) is 6. The van der Waals surface area contributed by atoms with Crippen LogP contribution in [-0.2, 0) is 26.0 Å². The molecule has 6 aromatic rings. The van der Waals surface area contributed by atoms with Crippen molar-refractivity contribution in [2.45, 2.75) is 145 Å². The van der Waals surface area contributed by atoms with Crippen LogP contribution in [0.25, 0.3) is 0 Å². The second-order valence-corrected chi connectivity index (χ2v) is 30.9. The number of halogens is 6. The van der Waals surface area contributed by atoms with Crippen LogP contribution in [0.3, 0.4) is 0 Å². The number of nitrogens with one attached hydrogen (secondary N) is 1. The monoisotopic (exact) mass is 1500 g/mol. The molecule has 6 heterocycles. The van der Waals surface area contributed by atoms with Crippen LogP contribution in [0.4, 0.5) is 4.79 Å². The third-order valence-electron chi connectivity index (χ3n) is 20.2. The Morgan fingerprint density at radius 1 is 0.515 bits per heavy atom. The molecule has 17 nitrogen and oxygen atoms in total. The van der Waals surface area contributed by atoms with Gasteiger partial charge in [0, 0.05) is 106 Å². The van der Waals surface area contributed by atoms with Crippen LogP contribution in [-0.4, -0.2) is 188 Å². The fourth-order valence-corrected chi connectivity index (χ4v) is 16.3. The van der Waals surface area contributed by atoms with Crippen molar-refractivity contribution in [1.82, 2.24) is 34.1 Å². The van der Waals surface area contributed by atoms with Crippen LogP contribution in [0.2, 0.25) is 30.1 Å². The molecule has 0 saturated carbocycles. The fourth-order valence-electron chi connectivity index (χ4n) is 14.4. The first kappa shape index (κ1) is 76.1. The van der Waals surface area contributed by atoms with Crippen molar-refractivity contribution >= 4 is 97.6 Å². The van der Waals surface area contributed by atoms with E-state index in [0.29, 0.717) is 67.6 Å². The highest BCUT2D eigenvalue weighted by atomic mass is 35.5. The van der Waals surface area contributed by atoms with E-state index >= 15 is 0 Å². The average molecular weight is 1500 g/mol. The minimum absolute atomic E-state index is 0. The van der Waals surface area contributed by atoms with E-state index in [-0.39, 0.29) is 27.5 Å². The Bertz CT molecular complexity index is 3730. The smallest absolute Gasteiger partial charge is 0.331 e. The Balaban J connectivity index is 0.000000212. The van der Waals surface area contributed by atoms with E-state index in [1.54, 1.807) is 47.4 Å². The third-order valence-corrected chi connectivity index (χ3v) is 23.9. The summed E-state index contributed by atoms with van der Waals surface area (Å²) in [6, 6.07) is 39.7. The maximum Gasteiger partial charge on any atom is 0.331 e. The minimum atomic E-state index is -3.88. The van der Waals surface area contributed by atoms with E-state index in [4.69, 9.17) is 83.8 Å². The lowest BCUT2D eigenvalue weighted by atomic mass is 9.93. The van der Waals surface area contributed by atoms with Crippen molar-refractivity contribution in [2.24, 2.45) is 5.92 Å². The lowest BCUT2D eigenvalue weighted by Crippen LogP contribution is -2.52. The number of nitrogens with zero attached hydrogens (tertiary/aromatic N) is 6. The lowest BCUT2D eigenvalue weighted by Gasteiger charge is -2.43. The number of benzene rings is 6. The number of ether oxygens (including phenoxy) is 3. The van der Waals surface area contributed by atoms with Crippen molar-refractivity contribution < 1.29 is 51.5 Å². The van der Waals surface area contributed by atoms with E-state index in [0.717, 1.165) is 189 Å². The van der Waals surface area contributed by atoms with E-state index in [1.165, 1.54) is 12.1 Å². The molecule has 540 valence electrons. The first-order valence-electron chi connectivity index (χ1n) is 34.6. The number of rotatable bonds is 19. The number of carboxylic acid groups (broad SMARTS) is 2. The molecule has 0 aliphatic carbocycles. The van der Waals surface area contributed by atoms with E-state index in [1.807, 2.05) is 92.7 Å². The zero-order valence-corrected chi connectivity index (χ0v) is 61.6. The normalized spacial score (nSPS) is 19.6. The van der Waals surface area contributed by atoms with Gasteiger partial charge in [-0.2, -0.15) is 0 Å². The Labute approximate surface area is 617 Å². The van der Waals surface area contributed by atoms with Crippen molar-refractivity contribution in [3.05, 3.63) is 186 Å². The maximum absolute atomic E-state index is 12.6. The Kier molecular flexibility index (Phi) is 28.1. The molecule has 2 atom stereocenters. The molecular formula is C75H97Cl6N7O10S. The van der Waals surface area contributed by atoms with Gasteiger partial charge in [0.1, 0.15) is 47.6 Å². The number of amides is 2. The number of aryl methyl sites for hydroxylation is 1. The van der Waals surface area contributed by atoms with Crippen LogP contribution < -0.4 is 18.9 Å². The van der Waals surface area contributed by atoms with Crippen LogP contribution in [0, 0.1) is 19.8 Å². The van der Waals surface area contributed by atoms with Crippen LogP contribution in [0.5, 0.6) is 17.2 Å². The van der Waals surface area contributed by atoms with Gasteiger partial charge < -0.3 is 39.1 Å². The molecule has 2 amide bonds. The van der Waals surface area contributed by atoms with Gasteiger partial charge in [-0.25, -0.2) is 17.9 Å². The highest BCUT2D eigenvalue weighted by Crippen LogP contribution is 2.36. The molecule has 1 unspecified atom stereocenters. The Hall–Kier alpha value is -5.58. The summed E-state index contributed by atoms with van der Waals surface area (Å²) in [7, 11) is -3.88. The molecule has 0 aromatic heterocycles. The largest absolute Gasteiger partial charge is 0.490 e. The second kappa shape index (κ2) is 36.5. The summed E-state index contributed by atoms with van der Waals surface area (Å²) in [4.78, 5) is 49.9. The zero-order valence-electron chi connectivity index (χ0n) is 56.2. The molecule has 0 bridgehead atoms. The molecule has 0 spiro atoms. The third kappa shape index (κ3) is 21.7. The molecule has 6 fully saturated rings. The number of carbonyl (C=O) groups excluding carboxylic acids is 1. The number of urea groups is 1. The van der Waals surface area contributed by atoms with Gasteiger partial charge in [0.15, 0.2) is 0 Å². The number of hydrogen-bond donors (Lipinski definition) is 3. The molecule has 24 heteroatoms. The Morgan fingerprint density at radius 2 is 0.990 bits per heavy atom. The predicted molar refractivity (Wildman–Crippen MR) is 400 cm³/mol. The summed E-state index contributed by atoms with van der Waals surface area (Å²) in [5.74, 6) is 1.45. The van der Waals surface area contributed by atoms with Crippen molar-refractivity contribution in [3.8, 4) is 17.2 Å². The Morgan fingerprint density at radius 3 is 1.49 bits per heavy atom. The van der Waals surface area contributed by atoms with Crippen molar-refractivity contribution in [2.75, 3.05) is 85.1 Å². The van der Waals surface area contributed by atoms with Crippen molar-refractivity contribution in [3.63, 3.8) is 0 Å². The van der Waals surface area contributed by atoms with Gasteiger partial charge >= 0.3 is 18.0 Å². The van der Waals surface area contributed by atoms with E-state index in [2.05, 4.69) is 29.2 Å². The predicted octanol–water partition coefficient (Wildman–Crippen LogP) is 16.1. The van der Waals surface area contributed by atoms with Crippen LogP contribution in [0.15, 0.2) is 138 Å². The average Bonchev–Trinajstić information content (AvgIpc) is 0.823. The fraction of sp³-hybridized carbons (Fsp3) is 0.480.